The minimum absolute atomic E-state index is 0.0339. The Morgan fingerprint density at radius 3 is 2.44 bits per heavy atom. The van der Waals surface area contributed by atoms with E-state index < -0.39 is 11.6 Å². The Labute approximate surface area is 112 Å². The molecule has 18 heavy (non-hydrogen) atoms. The Kier molecular flexibility index (Phi) is 3.93. The zero-order valence-electron chi connectivity index (χ0n) is 9.29. The second-order valence-electron chi connectivity index (χ2n) is 3.63. The third-order valence-electron chi connectivity index (χ3n) is 2.36. The fraction of sp³-hybridized carbons (Fsp3) is 0.0769. The van der Waals surface area contributed by atoms with Crippen LogP contribution in [-0.2, 0) is 6.54 Å². The number of nitrogens with two attached hydrogens (primary N) is 1. The van der Waals surface area contributed by atoms with Gasteiger partial charge in [-0.2, -0.15) is 0 Å². The van der Waals surface area contributed by atoms with Crippen molar-refractivity contribution in [3.63, 3.8) is 0 Å². The molecule has 2 aromatic rings. The number of rotatable bonds is 3. The average molecular weight is 314 g/mol. The molecule has 0 saturated heterocycles. The van der Waals surface area contributed by atoms with Gasteiger partial charge in [-0.3, -0.25) is 0 Å². The number of hydrogen-bond acceptors (Lipinski definition) is 2. The highest BCUT2D eigenvalue weighted by molar-refractivity contribution is 9.10. The Morgan fingerprint density at radius 2 is 1.78 bits per heavy atom. The van der Waals surface area contributed by atoms with Crippen molar-refractivity contribution in [1.29, 1.82) is 0 Å². The van der Waals surface area contributed by atoms with E-state index in [0.717, 1.165) is 22.2 Å². The molecule has 0 fully saturated rings. The molecule has 94 valence electrons. The molecular weight excluding hydrogens is 304 g/mol. The van der Waals surface area contributed by atoms with Crippen molar-refractivity contribution in [1.82, 2.24) is 0 Å². The summed E-state index contributed by atoms with van der Waals surface area (Å²) in [5, 5.41) is 0. The number of ether oxygens (including phenoxy) is 1. The van der Waals surface area contributed by atoms with Crippen LogP contribution >= 0.6 is 15.9 Å². The highest BCUT2D eigenvalue weighted by Gasteiger charge is 2.09. The average Bonchev–Trinajstić information content (AvgIpc) is 2.34. The lowest BCUT2D eigenvalue weighted by Crippen LogP contribution is -2.00. The Hall–Kier alpha value is -1.46. The van der Waals surface area contributed by atoms with E-state index in [2.05, 4.69) is 15.9 Å². The summed E-state index contributed by atoms with van der Waals surface area (Å²) in [7, 11) is 0. The van der Waals surface area contributed by atoms with Crippen LogP contribution in [0.5, 0.6) is 11.5 Å². The van der Waals surface area contributed by atoms with Crippen LogP contribution in [0.15, 0.2) is 40.9 Å². The fourth-order valence-corrected chi connectivity index (χ4v) is 1.89. The van der Waals surface area contributed by atoms with Crippen LogP contribution in [-0.4, -0.2) is 0 Å². The van der Waals surface area contributed by atoms with Crippen molar-refractivity contribution in [2.24, 2.45) is 5.73 Å². The first kappa shape index (κ1) is 13.0. The standard InChI is InChI=1S/C13H10BrF2NO/c14-9-1-3-12(8(5-9)7-17)18-13-4-2-10(15)6-11(13)16/h1-6H,7,17H2. The van der Waals surface area contributed by atoms with E-state index in [1.807, 2.05) is 0 Å². The second kappa shape index (κ2) is 5.46. The third kappa shape index (κ3) is 2.86. The lowest BCUT2D eigenvalue weighted by molar-refractivity contribution is 0.433. The van der Waals surface area contributed by atoms with Crippen molar-refractivity contribution >= 4 is 15.9 Å². The molecule has 0 unspecified atom stereocenters. The van der Waals surface area contributed by atoms with Crippen LogP contribution in [0.4, 0.5) is 8.78 Å². The zero-order valence-corrected chi connectivity index (χ0v) is 10.9. The predicted octanol–water partition coefficient (Wildman–Crippen LogP) is 3.98. The quantitative estimate of drug-likeness (QED) is 0.930. The van der Waals surface area contributed by atoms with E-state index in [1.54, 1.807) is 18.2 Å². The van der Waals surface area contributed by atoms with Crippen molar-refractivity contribution in [3.8, 4) is 11.5 Å². The normalized spacial score (nSPS) is 10.4. The molecule has 5 heteroatoms. The molecule has 0 aliphatic carbocycles. The molecule has 0 amide bonds. The van der Waals surface area contributed by atoms with Crippen molar-refractivity contribution in [2.45, 2.75) is 6.54 Å². The summed E-state index contributed by atoms with van der Waals surface area (Å²) in [5.41, 5.74) is 6.31. The smallest absolute Gasteiger partial charge is 0.168 e. The van der Waals surface area contributed by atoms with Gasteiger partial charge in [-0.05, 0) is 30.3 Å². The van der Waals surface area contributed by atoms with Gasteiger partial charge in [0.25, 0.3) is 0 Å². The summed E-state index contributed by atoms with van der Waals surface area (Å²) in [6.07, 6.45) is 0. The first-order chi connectivity index (χ1) is 8.60. The maximum absolute atomic E-state index is 13.4. The third-order valence-corrected chi connectivity index (χ3v) is 2.85. The predicted molar refractivity (Wildman–Crippen MR) is 68.5 cm³/mol. The van der Waals surface area contributed by atoms with Gasteiger partial charge in [0.2, 0.25) is 0 Å². The van der Waals surface area contributed by atoms with Crippen LogP contribution in [0, 0.1) is 11.6 Å². The number of benzene rings is 2. The monoisotopic (exact) mass is 313 g/mol. The van der Waals surface area contributed by atoms with Gasteiger partial charge >= 0.3 is 0 Å². The van der Waals surface area contributed by atoms with Gasteiger partial charge in [-0.1, -0.05) is 15.9 Å². The molecule has 2 rings (SSSR count). The van der Waals surface area contributed by atoms with Crippen LogP contribution in [0.1, 0.15) is 5.56 Å². The highest BCUT2D eigenvalue weighted by atomic mass is 79.9. The van der Waals surface area contributed by atoms with Gasteiger partial charge in [0.15, 0.2) is 11.6 Å². The maximum Gasteiger partial charge on any atom is 0.168 e. The molecule has 0 atom stereocenters. The largest absolute Gasteiger partial charge is 0.454 e. The lowest BCUT2D eigenvalue weighted by atomic mass is 10.2. The lowest BCUT2D eigenvalue weighted by Gasteiger charge is -2.11. The van der Waals surface area contributed by atoms with E-state index in [-0.39, 0.29) is 12.3 Å². The molecular formula is C13H10BrF2NO. The molecule has 0 heterocycles. The fourth-order valence-electron chi connectivity index (χ4n) is 1.48. The topological polar surface area (TPSA) is 35.2 Å². The van der Waals surface area contributed by atoms with Crippen molar-refractivity contribution < 1.29 is 13.5 Å². The minimum atomic E-state index is -0.749. The van der Waals surface area contributed by atoms with Gasteiger partial charge in [0.1, 0.15) is 11.6 Å². The molecule has 0 saturated carbocycles. The van der Waals surface area contributed by atoms with Crippen LogP contribution in [0.3, 0.4) is 0 Å². The summed E-state index contributed by atoms with van der Waals surface area (Å²) in [4.78, 5) is 0. The summed E-state index contributed by atoms with van der Waals surface area (Å²) in [6, 6.07) is 8.38. The van der Waals surface area contributed by atoms with Crippen LogP contribution in [0.25, 0.3) is 0 Å². The van der Waals surface area contributed by atoms with E-state index in [1.165, 1.54) is 6.07 Å². The summed E-state index contributed by atoms with van der Waals surface area (Å²) < 4.78 is 32.5. The van der Waals surface area contributed by atoms with E-state index in [0.29, 0.717) is 5.75 Å². The van der Waals surface area contributed by atoms with Gasteiger partial charge in [0.05, 0.1) is 0 Å². The number of halogens is 3. The van der Waals surface area contributed by atoms with Crippen LogP contribution < -0.4 is 10.5 Å². The van der Waals surface area contributed by atoms with Crippen LogP contribution in [0.2, 0.25) is 0 Å². The van der Waals surface area contributed by atoms with Gasteiger partial charge in [-0.25, -0.2) is 8.78 Å². The van der Waals surface area contributed by atoms with E-state index in [4.69, 9.17) is 10.5 Å². The molecule has 0 radical (unpaired) electrons. The molecule has 0 spiro atoms. The molecule has 2 N–H and O–H groups in total. The molecule has 0 aliphatic rings. The zero-order chi connectivity index (χ0) is 13.1. The van der Waals surface area contributed by atoms with E-state index in [9.17, 15) is 8.78 Å². The van der Waals surface area contributed by atoms with Gasteiger partial charge in [0, 0.05) is 22.6 Å². The van der Waals surface area contributed by atoms with Crippen molar-refractivity contribution in [2.75, 3.05) is 0 Å². The Bertz CT molecular complexity index is 575. The molecule has 2 aromatic carbocycles. The Balaban J connectivity index is 2.33. The number of hydrogen-bond donors (Lipinski definition) is 1. The Morgan fingerprint density at radius 1 is 1.06 bits per heavy atom. The summed E-state index contributed by atoms with van der Waals surface area (Å²) >= 11 is 3.31. The van der Waals surface area contributed by atoms with Crippen molar-refractivity contribution in [3.05, 3.63) is 58.1 Å². The van der Waals surface area contributed by atoms with Gasteiger partial charge < -0.3 is 10.5 Å². The first-order valence-electron chi connectivity index (χ1n) is 5.21. The minimum Gasteiger partial charge on any atom is -0.454 e. The van der Waals surface area contributed by atoms with Gasteiger partial charge in [-0.15, -0.1) is 0 Å². The molecule has 0 aliphatic heterocycles. The maximum atomic E-state index is 13.4. The molecule has 0 aromatic heterocycles. The second-order valence-corrected chi connectivity index (χ2v) is 4.55. The molecule has 0 bridgehead atoms. The summed E-state index contributed by atoms with van der Waals surface area (Å²) in [5.74, 6) is -0.977. The highest BCUT2D eigenvalue weighted by Crippen LogP contribution is 2.29. The SMILES string of the molecule is NCc1cc(Br)ccc1Oc1ccc(F)cc1F. The first-order valence-corrected chi connectivity index (χ1v) is 6.01. The summed E-state index contributed by atoms with van der Waals surface area (Å²) in [6.45, 7) is 0.261. The molecule has 2 nitrogen and oxygen atoms in total. The van der Waals surface area contributed by atoms with E-state index >= 15 is 0 Å².